The van der Waals surface area contributed by atoms with Crippen LogP contribution < -0.4 is 24.6 Å². The van der Waals surface area contributed by atoms with E-state index >= 15 is 0 Å². The normalized spacial score (nSPS) is 13.4. The number of methoxy groups -OCH3 is 1. The van der Waals surface area contributed by atoms with Crippen molar-refractivity contribution < 1.29 is 19.1 Å². The van der Waals surface area contributed by atoms with Crippen molar-refractivity contribution >= 4 is 34.4 Å². The molecule has 34 heavy (non-hydrogen) atoms. The van der Waals surface area contributed by atoms with Crippen LogP contribution >= 0.6 is 0 Å². The minimum absolute atomic E-state index is 0.217. The molecule has 7 heteroatoms. The molecule has 0 saturated carbocycles. The largest absolute Gasteiger partial charge is 0.497 e. The van der Waals surface area contributed by atoms with E-state index in [1.54, 1.807) is 55.6 Å². The first-order chi connectivity index (χ1) is 16.4. The van der Waals surface area contributed by atoms with Gasteiger partial charge in [-0.1, -0.05) is 18.2 Å². The van der Waals surface area contributed by atoms with Crippen molar-refractivity contribution in [3.63, 3.8) is 0 Å². The Morgan fingerprint density at radius 2 is 1.59 bits per heavy atom. The summed E-state index contributed by atoms with van der Waals surface area (Å²) in [6, 6.07) is 21.7. The Balaban J connectivity index is 1.76. The Hall–Kier alpha value is -4.26. The summed E-state index contributed by atoms with van der Waals surface area (Å²) in [6.45, 7) is 2.45. The van der Waals surface area contributed by atoms with Gasteiger partial charge in [-0.05, 0) is 61.0 Å². The molecular weight excluding hydrogens is 430 g/mol. The number of amides is 2. The van der Waals surface area contributed by atoms with Crippen LogP contribution in [0.1, 0.15) is 12.5 Å². The Morgan fingerprint density at radius 3 is 2.21 bits per heavy atom. The maximum atomic E-state index is 13.6. The smallest absolute Gasteiger partial charge is 0.282 e. The molecule has 0 fully saturated rings. The predicted molar refractivity (Wildman–Crippen MR) is 134 cm³/mol. The first kappa shape index (κ1) is 22.9. The minimum Gasteiger partial charge on any atom is -0.497 e. The average Bonchev–Trinajstić information content (AvgIpc) is 3.09. The Labute approximate surface area is 199 Å². The fraction of sp³-hybridized carbons (Fsp3) is 0.185. The summed E-state index contributed by atoms with van der Waals surface area (Å²) in [5, 5.41) is 3.19. The maximum absolute atomic E-state index is 13.6. The van der Waals surface area contributed by atoms with E-state index in [1.165, 1.54) is 4.90 Å². The van der Waals surface area contributed by atoms with E-state index in [0.29, 0.717) is 40.6 Å². The number of nitrogens with one attached hydrogen (secondary N) is 1. The number of nitrogens with zero attached hydrogens (tertiary/aromatic N) is 2. The maximum Gasteiger partial charge on any atom is 0.282 e. The van der Waals surface area contributed by atoms with E-state index in [0.717, 1.165) is 5.69 Å². The molecule has 2 amide bonds. The zero-order valence-corrected chi connectivity index (χ0v) is 19.7. The fourth-order valence-electron chi connectivity index (χ4n) is 3.77. The Morgan fingerprint density at radius 1 is 0.882 bits per heavy atom. The van der Waals surface area contributed by atoms with Crippen molar-refractivity contribution in [1.29, 1.82) is 0 Å². The molecule has 7 nitrogen and oxygen atoms in total. The summed E-state index contributed by atoms with van der Waals surface area (Å²) in [6.07, 6.45) is 0. The SMILES string of the molecule is CCOc1ccc(C2=C(Nc3ccc(N(C)C)cc3)C(=O)N(c3cccc(OC)c3)C2=O)cc1. The lowest BCUT2D eigenvalue weighted by Gasteiger charge is -2.16. The van der Waals surface area contributed by atoms with E-state index in [1.807, 2.05) is 50.2 Å². The second kappa shape index (κ2) is 9.70. The van der Waals surface area contributed by atoms with Crippen LogP contribution in [0.3, 0.4) is 0 Å². The molecule has 3 aromatic rings. The van der Waals surface area contributed by atoms with E-state index in [-0.39, 0.29) is 5.70 Å². The third kappa shape index (κ3) is 4.45. The molecule has 0 radical (unpaired) electrons. The second-order valence-corrected chi connectivity index (χ2v) is 7.92. The summed E-state index contributed by atoms with van der Waals surface area (Å²) in [4.78, 5) is 30.3. The van der Waals surface area contributed by atoms with Crippen molar-refractivity contribution in [3.8, 4) is 11.5 Å². The van der Waals surface area contributed by atoms with Gasteiger partial charge in [-0.3, -0.25) is 9.59 Å². The number of carbonyl (C=O) groups is 2. The number of ether oxygens (including phenoxy) is 2. The molecule has 1 N–H and O–H groups in total. The van der Waals surface area contributed by atoms with E-state index < -0.39 is 11.8 Å². The van der Waals surface area contributed by atoms with Gasteiger partial charge < -0.3 is 19.7 Å². The van der Waals surface area contributed by atoms with Gasteiger partial charge in [-0.15, -0.1) is 0 Å². The highest BCUT2D eigenvalue weighted by Gasteiger charge is 2.40. The fourth-order valence-corrected chi connectivity index (χ4v) is 3.77. The summed E-state index contributed by atoms with van der Waals surface area (Å²) in [5.74, 6) is 0.414. The topological polar surface area (TPSA) is 71.1 Å². The van der Waals surface area contributed by atoms with Gasteiger partial charge in [0.25, 0.3) is 11.8 Å². The molecule has 0 unspecified atom stereocenters. The molecule has 0 saturated heterocycles. The molecule has 3 aromatic carbocycles. The summed E-state index contributed by atoms with van der Waals surface area (Å²) >= 11 is 0. The van der Waals surface area contributed by atoms with Crippen molar-refractivity contribution in [2.75, 3.05) is 42.9 Å². The Kier molecular flexibility index (Phi) is 6.54. The van der Waals surface area contributed by atoms with Crippen LogP contribution in [0, 0.1) is 0 Å². The molecule has 0 bridgehead atoms. The highest BCUT2D eigenvalue weighted by molar-refractivity contribution is 6.46. The lowest BCUT2D eigenvalue weighted by atomic mass is 10.0. The van der Waals surface area contributed by atoms with Crippen LogP contribution in [0.25, 0.3) is 5.57 Å². The van der Waals surface area contributed by atoms with Gasteiger partial charge in [0, 0.05) is 31.5 Å². The van der Waals surface area contributed by atoms with E-state index in [2.05, 4.69) is 5.32 Å². The van der Waals surface area contributed by atoms with Gasteiger partial charge in [0.05, 0.1) is 25.0 Å². The highest BCUT2D eigenvalue weighted by atomic mass is 16.5. The molecule has 0 atom stereocenters. The van der Waals surface area contributed by atoms with Crippen molar-refractivity contribution in [1.82, 2.24) is 0 Å². The van der Waals surface area contributed by atoms with Crippen LogP contribution in [0.15, 0.2) is 78.5 Å². The number of benzene rings is 3. The van der Waals surface area contributed by atoms with E-state index in [4.69, 9.17) is 9.47 Å². The van der Waals surface area contributed by atoms with E-state index in [9.17, 15) is 9.59 Å². The lowest BCUT2D eigenvalue weighted by molar-refractivity contribution is -0.120. The number of rotatable bonds is 8. The predicted octanol–water partition coefficient (Wildman–Crippen LogP) is 4.56. The van der Waals surface area contributed by atoms with Gasteiger partial charge in [0.1, 0.15) is 17.2 Å². The molecule has 174 valence electrons. The zero-order chi connectivity index (χ0) is 24.2. The zero-order valence-electron chi connectivity index (χ0n) is 19.7. The number of hydrogen-bond donors (Lipinski definition) is 1. The van der Waals surface area contributed by atoms with Crippen molar-refractivity contribution in [3.05, 3.63) is 84.1 Å². The number of carbonyl (C=O) groups excluding carboxylic acids is 2. The van der Waals surface area contributed by atoms with Gasteiger partial charge in [0.2, 0.25) is 0 Å². The lowest BCUT2D eigenvalue weighted by Crippen LogP contribution is -2.32. The molecular formula is C27H27N3O4. The minimum atomic E-state index is -0.432. The van der Waals surface area contributed by atoms with Gasteiger partial charge in [-0.2, -0.15) is 0 Å². The summed E-state index contributed by atoms with van der Waals surface area (Å²) in [7, 11) is 5.46. The van der Waals surface area contributed by atoms with Crippen LogP contribution in [0.4, 0.5) is 17.1 Å². The monoisotopic (exact) mass is 457 g/mol. The number of anilines is 3. The van der Waals surface area contributed by atoms with Crippen molar-refractivity contribution in [2.45, 2.75) is 6.92 Å². The molecule has 0 spiro atoms. The second-order valence-electron chi connectivity index (χ2n) is 7.92. The van der Waals surface area contributed by atoms with Crippen LogP contribution in [0.5, 0.6) is 11.5 Å². The van der Waals surface area contributed by atoms with Gasteiger partial charge >= 0.3 is 0 Å². The summed E-state index contributed by atoms with van der Waals surface area (Å²) in [5.41, 5.74) is 3.31. The number of imide groups is 1. The molecule has 1 heterocycles. The van der Waals surface area contributed by atoms with Crippen molar-refractivity contribution in [2.24, 2.45) is 0 Å². The quantitative estimate of drug-likeness (QED) is 0.500. The van der Waals surface area contributed by atoms with Gasteiger partial charge in [-0.25, -0.2) is 4.90 Å². The molecule has 1 aliphatic heterocycles. The van der Waals surface area contributed by atoms with Crippen LogP contribution in [-0.4, -0.2) is 39.6 Å². The molecule has 4 rings (SSSR count). The first-order valence-corrected chi connectivity index (χ1v) is 11.0. The molecule has 0 aromatic heterocycles. The molecule has 1 aliphatic rings. The van der Waals surface area contributed by atoms with Gasteiger partial charge in [0.15, 0.2) is 0 Å². The van der Waals surface area contributed by atoms with Crippen LogP contribution in [-0.2, 0) is 9.59 Å². The number of hydrogen-bond acceptors (Lipinski definition) is 6. The highest BCUT2D eigenvalue weighted by Crippen LogP contribution is 2.35. The Bertz CT molecular complexity index is 1230. The third-order valence-electron chi connectivity index (χ3n) is 5.50. The average molecular weight is 458 g/mol. The van der Waals surface area contributed by atoms with Crippen LogP contribution in [0.2, 0.25) is 0 Å². The standard InChI is InChI=1S/C27H27N3O4/c1-5-34-22-15-9-18(10-16-22)24-25(28-19-11-13-20(14-12-19)29(2)3)27(32)30(26(24)31)21-7-6-8-23(17-21)33-4/h6-17,28H,5H2,1-4H3. The third-order valence-corrected chi connectivity index (χ3v) is 5.50. The molecule has 0 aliphatic carbocycles. The summed E-state index contributed by atoms with van der Waals surface area (Å²) < 4.78 is 10.8. The first-order valence-electron chi connectivity index (χ1n) is 11.0.